The Balaban J connectivity index is 1.80. The molecule has 1 fully saturated rings. The topological polar surface area (TPSA) is 63.1 Å². The highest BCUT2D eigenvalue weighted by Gasteiger charge is 2.22. The van der Waals surface area contributed by atoms with E-state index in [1.807, 2.05) is 16.9 Å². The minimum Gasteiger partial charge on any atom is -0.349 e. The molecule has 2 aromatic heterocycles. The Morgan fingerprint density at radius 3 is 2.86 bits per heavy atom. The van der Waals surface area contributed by atoms with Gasteiger partial charge in [-0.3, -0.25) is 4.72 Å². The number of sulfonamides is 1. The van der Waals surface area contributed by atoms with Crippen LogP contribution in [0.3, 0.4) is 0 Å². The zero-order valence-electron chi connectivity index (χ0n) is 11.9. The Morgan fingerprint density at radius 1 is 1.43 bits per heavy atom. The van der Waals surface area contributed by atoms with E-state index in [1.54, 1.807) is 23.7 Å². The van der Waals surface area contributed by atoms with Gasteiger partial charge in [0.1, 0.15) is 4.90 Å². The summed E-state index contributed by atoms with van der Waals surface area (Å²) in [7, 11) is -3.51. The molecule has 1 saturated carbocycles. The summed E-state index contributed by atoms with van der Waals surface area (Å²) in [5, 5.41) is 7.05. The van der Waals surface area contributed by atoms with Crippen LogP contribution in [0.1, 0.15) is 25.5 Å². The van der Waals surface area contributed by atoms with Crippen LogP contribution in [0.15, 0.2) is 34.0 Å². The van der Waals surface area contributed by atoms with Gasteiger partial charge in [-0.2, -0.15) is 11.3 Å². The predicted octanol–water partition coefficient (Wildman–Crippen LogP) is 2.62. The van der Waals surface area contributed by atoms with Crippen LogP contribution in [0, 0.1) is 0 Å². The minimum absolute atomic E-state index is 0.322. The zero-order valence-corrected chi connectivity index (χ0v) is 13.5. The molecule has 0 aliphatic heterocycles. The fraction of sp³-hybridized carbons (Fsp3) is 0.429. The highest BCUT2D eigenvalue weighted by atomic mass is 32.2. The number of thiophene rings is 1. The van der Waals surface area contributed by atoms with Gasteiger partial charge in [0.05, 0.1) is 5.69 Å². The van der Waals surface area contributed by atoms with Gasteiger partial charge in [-0.05, 0) is 37.3 Å². The van der Waals surface area contributed by atoms with E-state index in [0.29, 0.717) is 23.2 Å². The third kappa shape index (κ3) is 3.48. The van der Waals surface area contributed by atoms with Crippen molar-refractivity contribution in [3.63, 3.8) is 0 Å². The summed E-state index contributed by atoms with van der Waals surface area (Å²) in [5.41, 5.74) is 1.62. The van der Waals surface area contributed by atoms with Crippen LogP contribution in [0.25, 0.3) is 0 Å². The number of hydrogen-bond acceptors (Lipinski definition) is 4. The molecule has 0 aromatic carbocycles. The van der Waals surface area contributed by atoms with Crippen LogP contribution in [0.4, 0.5) is 5.69 Å². The van der Waals surface area contributed by atoms with Crippen molar-refractivity contribution in [2.24, 2.45) is 0 Å². The lowest BCUT2D eigenvalue weighted by molar-refractivity contribution is 0.600. The SMILES string of the molecule is CCn1cc(S(=O)(=O)Nc2ccsc2)cc1CNC1CC1. The molecule has 1 aliphatic rings. The second kappa shape index (κ2) is 5.82. The summed E-state index contributed by atoms with van der Waals surface area (Å²) in [6, 6.07) is 4.12. The molecule has 2 heterocycles. The highest BCUT2D eigenvalue weighted by Crippen LogP contribution is 2.22. The monoisotopic (exact) mass is 325 g/mol. The molecule has 7 heteroatoms. The first-order valence-corrected chi connectivity index (χ1v) is 9.48. The van der Waals surface area contributed by atoms with Crippen LogP contribution in [0.5, 0.6) is 0 Å². The second-order valence-corrected chi connectivity index (χ2v) is 7.69. The van der Waals surface area contributed by atoms with Gasteiger partial charge in [0.15, 0.2) is 0 Å². The number of aryl methyl sites for hydroxylation is 1. The van der Waals surface area contributed by atoms with E-state index < -0.39 is 10.0 Å². The van der Waals surface area contributed by atoms with E-state index in [4.69, 9.17) is 0 Å². The van der Waals surface area contributed by atoms with E-state index in [-0.39, 0.29) is 0 Å². The number of aromatic nitrogens is 1. The van der Waals surface area contributed by atoms with Crippen molar-refractivity contribution in [3.8, 4) is 0 Å². The quantitative estimate of drug-likeness (QED) is 0.822. The summed E-state index contributed by atoms with van der Waals surface area (Å²) >= 11 is 1.46. The molecule has 1 aliphatic carbocycles. The van der Waals surface area contributed by atoms with Gasteiger partial charge in [0, 0.05) is 36.4 Å². The highest BCUT2D eigenvalue weighted by molar-refractivity contribution is 7.92. The largest absolute Gasteiger partial charge is 0.349 e. The van der Waals surface area contributed by atoms with Crippen LogP contribution in [-0.4, -0.2) is 19.0 Å². The fourth-order valence-electron chi connectivity index (χ4n) is 2.19. The Hall–Kier alpha value is -1.31. The number of rotatable bonds is 7. The van der Waals surface area contributed by atoms with Gasteiger partial charge in [0.2, 0.25) is 0 Å². The Kier molecular flexibility index (Phi) is 4.05. The summed E-state index contributed by atoms with van der Waals surface area (Å²) in [6.45, 7) is 3.49. The average molecular weight is 325 g/mol. The molecule has 0 bridgehead atoms. The number of nitrogens with zero attached hydrogens (tertiary/aromatic N) is 1. The summed E-state index contributed by atoms with van der Waals surface area (Å²) < 4.78 is 29.4. The molecule has 0 unspecified atom stereocenters. The van der Waals surface area contributed by atoms with Crippen molar-refractivity contribution in [2.45, 2.75) is 43.8 Å². The van der Waals surface area contributed by atoms with Gasteiger partial charge < -0.3 is 9.88 Å². The molecule has 5 nitrogen and oxygen atoms in total. The molecule has 0 saturated heterocycles. The first-order chi connectivity index (χ1) is 10.1. The third-order valence-corrected chi connectivity index (χ3v) is 5.57. The molecule has 114 valence electrons. The first-order valence-electron chi connectivity index (χ1n) is 7.06. The Labute approximate surface area is 129 Å². The lowest BCUT2D eigenvalue weighted by Crippen LogP contribution is -2.17. The van der Waals surface area contributed by atoms with Crippen LogP contribution in [0.2, 0.25) is 0 Å². The van der Waals surface area contributed by atoms with Crippen molar-refractivity contribution in [1.82, 2.24) is 9.88 Å². The molecule has 2 aromatic rings. The number of anilines is 1. The van der Waals surface area contributed by atoms with Gasteiger partial charge >= 0.3 is 0 Å². The molecule has 2 N–H and O–H groups in total. The van der Waals surface area contributed by atoms with Crippen LogP contribution >= 0.6 is 11.3 Å². The normalized spacial score (nSPS) is 15.3. The van der Waals surface area contributed by atoms with Gasteiger partial charge in [-0.25, -0.2) is 8.42 Å². The third-order valence-electron chi connectivity index (χ3n) is 3.53. The van der Waals surface area contributed by atoms with Gasteiger partial charge in [-0.15, -0.1) is 0 Å². The molecule has 0 amide bonds. The Bertz CT molecular complexity index is 701. The number of hydrogen-bond donors (Lipinski definition) is 2. The van der Waals surface area contributed by atoms with E-state index >= 15 is 0 Å². The molecule has 21 heavy (non-hydrogen) atoms. The smallest absolute Gasteiger partial charge is 0.263 e. The summed E-state index contributed by atoms with van der Waals surface area (Å²) in [5.74, 6) is 0. The standard InChI is InChI=1S/C14H19N3O2S2/c1-2-17-9-14(7-13(17)8-15-11-3-4-11)21(18,19)16-12-5-6-20-10-12/h5-7,9-11,15-16H,2-4,8H2,1H3. The van der Waals surface area contributed by atoms with Crippen molar-refractivity contribution in [2.75, 3.05) is 4.72 Å². The average Bonchev–Trinajstić information content (AvgIpc) is 2.97. The van der Waals surface area contributed by atoms with E-state index in [1.165, 1.54) is 24.2 Å². The second-order valence-electron chi connectivity index (χ2n) is 5.23. The molecular weight excluding hydrogens is 306 g/mol. The maximum Gasteiger partial charge on any atom is 0.263 e. The summed E-state index contributed by atoms with van der Waals surface area (Å²) in [4.78, 5) is 0.322. The maximum atomic E-state index is 12.4. The Morgan fingerprint density at radius 2 is 2.24 bits per heavy atom. The maximum absolute atomic E-state index is 12.4. The van der Waals surface area contributed by atoms with E-state index in [9.17, 15) is 8.42 Å². The van der Waals surface area contributed by atoms with E-state index in [2.05, 4.69) is 10.0 Å². The van der Waals surface area contributed by atoms with Gasteiger partial charge in [0.25, 0.3) is 10.0 Å². The molecular formula is C14H19N3O2S2. The minimum atomic E-state index is -3.51. The lowest BCUT2D eigenvalue weighted by Gasteiger charge is -2.06. The van der Waals surface area contributed by atoms with Crippen molar-refractivity contribution >= 4 is 27.0 Å². The number of nitrogens with one attached hydrogen (secondary N) is 2. The molecule has 0 atom stereocenters. The van der Waals surface area contributed by atoms with Crippen molar-refractivity contribution < 1.29 is 8.42 Å². The van der Waals surface area contributed by atoms with Crippen molar-refractivity contribution in [3.05, 3.63) is 34.8 Å². The fourth-order valence-corrected chi connectivity index (χ4v) is 3.96. The van der Waals surface area contributed by atoms with Crippen molar-refractivity contribution in [1.29, 1.82) is 0 Å². The first kappa shape index (κ1) is 14.6. The summed E-state index contributed by atoms with van der Waals surface area (Å²) in [6.07, 6.45) is 4.15. The lowest BCUT2D eigenvalue weighted by atomic mass is 10.4. The molecule has 0 spiro atoms. The van der Waals surface area contributed by atoms with Crippen LogP contribution in [-0.2, 0) is 23.1 Å². The predicted molar refractivity (Wildman–Crippen MR) is 85.1 cm³/mol. The van der Waals surface area contributed by atoms with Gasteiger partial charge in [-0.1, -0.05) is 0 Å². The molecule has 3 rings (SSSR count). The van der Waals surface area contributed by atoms with E-state index in [0.717, 1.165) is 12.2 Å². The van der Waals surface area contributed by atoms with Crippen LogP contribution < -0.4 is 10.0 Å². The molecule has 0 radical (unpaired) electrons. The zero-order chi connectivity index (χ0) is 14.9.